The third-order valence-electron chi connectivity index (χ3n) is 7.04. The van der Waals surface area contributed by atoms with Crippen LogP contribution in [0.3, 0.4) is 0 Å². The number of nitrogens with zero attached hydrogens (tertiary/aromatic N) is 2. The van der Waals surface area contributed by atoms with Crippen LogP contribution >= 0.6 is 0 Å². The van der Waals surface area contributed by atoms with Crippen molar-refractivity contribution < 1.29 is 5.11 Å². The Morgan fingerprint density at radius 2 is 1.10 bits per heavy atom. The van der Waals surface area contributed by atoms with E-state index in [4.69, 9.17) is 0 Å². The molecule has 0 spiro atoms. The summed E-state index contributed by atoms with van der Waals surface area (Å²) in [6.07, 6.45) is 0.746. The van der Waals surface area contributed by atoms with Crippen molar-refractivity contribution in [3.05, 3.63) is 59.7 Å². The first-order chi connectivity index (χ1) is 13.7. The van der Waals surface area contributed by atoms with Crippen LogP contribution in [0.2, 0.25) is 0 Å². The second kappa shape index (κ2) is 8.37. The molecule has 0 saturated carbocycles. The average molecular weight is 396 g/mol. The molecule has 1 saturated heterocycles. The Hall–Kier alpha value is -2.04. The summed E-state index contributed by atoms with van der Waals surface area (Å²) in [6, 6.07) is 17.6. The highest BCUT2D eigenvalue weighted by atomic mass is 16.3. The molecule has 1 unspecified atom stereocenters. The minimum atomic E-state index is -0.721. The molecule has 1 aliphatic rings. The number of anilines is 2. The summed E-state index contributed by atoms with van der Waals surface area (Å²) in [5.41, 5.74) is 4.12. The van der Waals surface area contributed by atoms with E-state index in [1.165, 1.54) is 22.5 Å². The summed E-state index contributed by atoms with van der Waals surface area (Å²) in [5.74, 6) is 0.231. The number of hydrogen-bond acceptors (Lipinski definition) is 4. The molecule has 0 aromatic heterocycles. The Morgan fingerprint density at radius 1 is 0.759 bits per heavy atom. The van der Waals surface area contributed by atoms with Crippen molar-refractivity contribution in [3.8, 4) is 0 Å². The van der Waals surface area contributed by atoms with E-state index < -0.39 is 5.60 Å². The highest BCUT2D eigenvalue weighted by molar-refractivity contribution is 5.48. The fourth-order valence-corrected chi connectivity index (χ4v) is 4.85. The summed E-state index contributed by atoms with van der Waals surface area (Å²) in [7, 11) is 8.23. The maximum absolute atomic E-state index is 11.7. The van der Waals surface area contributed by atoms with Crippen LogP contribution in [0, 0.1) is 11.8 Å². The van der Waals surface area contributed by atoms with E-state index in [-0.39, 0.29) is 23.9 Å². The summed E-state index contributed by atoms with van der Waals surface area (Å²) < 4.78 is 0. The molecular weight excluding hydrogens is 358 g/mol. The fourth-order valence-electron chi connectivity index (χ4n) is 4.85. The number of aliphatic hydroxyl groups is 1. The zero-order valence-electron chi connectivity index (χ0n) is 19.0. The van der Waals surface area contributed by atoms with Crippen molar-refractivity contribution in [1.82, 2.24) is 5.32 Å². The van der Waals surface area contributed by atoms with Crippen molar-refractivity contribution in [3.63, 3.8) is 0 Å². The second-order valence-electron chi connectivity index (χ2n) is 9.02. The zero-order valence-corrected chi connectivity index (χ0v) is 19.0. The minimum Gasteiger partial charge on any atom is -0.389 e. The third kappa shape index (κ3) is 4.01. The number of benzene rings is 2. The Bertz CT molecular complexity index is 734. The largest absolute Gasteiger partial charge is 0.389 e. The molecule has 0 radical (unpaired) electrons. The van der Waals surface area contributed by atoms with Crippen LogP contribution in [0.1, 0.15) is 50.4 Å². The molecule has 0 bridgehead atoms. The standard InChI is InChI=1S/C25H37N3O/c1-8-25(29)17(2)23(19-9-13-21(14-10-19)27(4)5)26-24(18(25)3)20-11-15-22(16-12-20)28(6)7/h9-18,23-24,26,29H,8H2,1-7H3/t17-,18+,23-,24+,25?. The second-order valence-corrected chi connectivity index (χ2v) is 9.02. The molecular formula is C25H37N3O. The molecule has 4 heteroatoms. The topological polar surface area (TPSA) is 38.7 Å². The highest BCUT2D eigenvalue weighted by Crippen LogP contribution is 2.48. The Morgan fingerprint density at radius 3 is 1.38 bits per heavy atom. The molecule has 1 fully saturated rings. The van der Waals surface area contributed by atoms with Crippen LogP contribution in [-0.2, 0) is 0 Å². The number of hydrogen-bond donors (Lipinski definition) is 2. The molecule has 3 rings (SSSR count). The van der Waals surface area contributed by atoms with Gasteiger partial charge in [-0.1, -0.05) is 45.0 Å². The summed E-state index contributed by atoms with van der Waals surface area (Å²) in [5, 5.41) is 15.6. The normalized spacial score (nSPS) is 29.5. The smallest absolute Gasteiger partial charge is 0.0732 e. The molecule has 2 N–H and O–H groups in total. The number of piperidine rings is 1. The van der Waals surface area contributed by atoms with Gasteiger partial charge in [0.25, 0.3) is 0 Å². The molecule has 0 amide bonds. The van der Waals surface area contributed by atoms with Crippen molar-refractivity contribution >= 4 is 11.4 Å². The Labute approximate surface area is 176 Å². The summed E-state index contributed by atoms with van der Waals surface area (Å²) in [6.45, 7) is 6.47. The summed E-state index contributed by atoms with van der Waals surface area (Å²) >= 11 is 0. The number of rotatable bonds is 5. The predicted molar refractivity (Wildman–Crippen MR) is 124 cm³/mol. The van der Waals surface area contributed by atoms with Crippen molar-refractivity contribution in [2.75, 3.05) is 38.0 Å². The molecule has 1 heterocycles. The van der Waals surface area contributed by atoms with E-state index in [9.17, 15) is 5.11 Å². The molecule has 0 aliphatic carbocycles. The van der Waals surface area contributed by atoms with E-state index in [0.29, 0.717) is 0 Å². The molecule has 1 aliphatic heterocycles. The average Bonchev–Trinajstić information content (AvgIpc) is 2.72. The van der Waals surface area contributed by atoms with Crippen LogP contribution in [0.5, 0.6) is 0 Å². The van der Waals surface area contributed by atoms with Gasteiger partial charge in [-0.3, -0.25) is 0 Å². The van der Waals surface area contributed by atoms with Crippen LogP contribution in [0.25, 0.3) is 0 Å². The summed E-state index contributed by atoms with van der Waals surface area (Å²) in [4.78, 5) is 4.22. The Kier molecular flexibility index (Phi) is 6.25. The van der Waals surface area contributed by atoms with Gasteiger partial charge in [0.2, 0.25) is 0 Å². The predicted octanol–water partition coefficient (Wildman–Crippen LogP) is 4.62. The van der Waals surface area contributed by atoms with Crippen molar-refractivity contribution in [1.29, 1.82) is 0 Å². The maximum atomic E-state index is 11.7. The third-order valence-corrected chi connectivity index (χ3v) is 7.04. The van der Waals surface area contributed by atoms with E-state index in [1.807, 2.05) is 0 Å². The van der Waals surface area contributed by atoms with Gasteiger partial charge >= 0.3 is 0 Å². The number of nitrogens with one attached hydrogen (secondary N) is 1. The van der Waals surface area contributed by atoms with Crippen LogP contribution in [0.4, 0.5) is 11.4 Å². The molecule has 29 heavy (non-hydrogen) atoms. The van der Waals surface area contributed by atoms with Gasteiger partial charge < -0.3 is 20.2 Å². The van der Waals surface area contributed by atoms with E-state index in [2.05, 4.69) is 113 Å². The highest BCUT2D eigenvalue weighted by Gasteiger charge is 2.50. The van der Waals surface area contributed by atoms with Crippen molar-refractivity contribution in [2.24, 2.45) is 11.8 Å². The molecule has 2 aromatic rings. The zero-order chi connectivity index (χ0) is 21.3. The van der Waals surface area contributed by atoms with Gasteiger partial charge in [0, 0.05) is 63.5 Å². The quantitative estimate of drug-likeness (QED) is 0.775. The SMILES string of the molecule is CCC1(O)[C@H](C)[C@H](c2ccc(N(C)C)cc2)N[C@H](c2ccc(N(C)C)cc2)[C@@H]1C. The van der Waals surface area contributed by atoms with E-state index >= 15 is 0 Å². The van der Waals surface area contributed by atoms with Gasteiger partial charge in [0.05, 0.1) is 5.60 Å². The van der Waals surface area contributed by atoms with Gasteiger partial charge in [0.15, 0.2) is 0 Å². The van der Waals surface area contributed by atoms with Gasteiger partial charge in [0.1, 0.15) is 0 Å². The first-order valence-corrected chi connectivity index (χ1v) is 10.7. The lowest BCUT2D eigenvalue weighted by Gasteiger charge is -2.52. The minimum absolute atomic E-state index is 0.103. The Balaban J connectivity index is 1.97. The lowest BCUT2D eigenvalue weighted by molar-refractivity contribution is -0.113. The van der Waals surface area contributed by atoms with Gasteiger partial charge in [-0.05, 0) is 41.8 Å². The fraction of sp³-hybridized carbons (Fsp3) is 0.520. The molecule has 5 atom stereocenters. The maximum Gasteiger partial charge on any atom is 0.0732 e. The van der Waals surface area contributed by atoms with Gasteiger partial charge in [-0.2, -0.15) is 0 Å². The van der Waals surface area contributed by atoms with Crippen LogP contribution < -0.4 is 15.1 Å². The monoisotopic (exact) mass is 395 g/mol. The first-order valence-electron chi connectivity index (χ1n) is 10.7. The van der Waals surface area contributed by atoms with Crippen LogP contribution in [-0.4, -0.2) is 38.9 Å². The van der Waals surface area contributed by atoms with Crippen molar-refractivity contribution in [2.45, 2.75) is 44.9 Å². The first kappa shape index (κ1) is 21.7. The van der Waals surface area contributed by atoms with E-state index in [1.54, 1.807) is 0 Å². The van der Waals surface area contributed by atoms with Gasteiger partial charge in [-0.15, -0.1) is 0 Å². The van der Waals surface area contributed by atoms with E-state index in [0.717, 1.165) is 6.42 Å². The van der Waals surface area contributed by atoms with Gasteiger partial charge in [-0.25, -0.2) is 0 Å². The lowest BCUT2D eigenvalue weighted by Crippen LogP contribution is -2.57. The molecule has 4 nitrogen and oxygen atoms in total. The molecule has 158 valence electrons. The lowest BCUT2D eigenvalue weighted by atomic mass is 9.65. The van der Waals surface area contributed by atoms with Crippen LogP contribution in [0.15, 0.2) is 48.5 Å². The molecule has 2 aromatic carbocycles.